The molecule has 2 aromatic heterocycles. The Labute approximate surface area is 104 Å². The van der Waals surface area contributed by atoms with Gasteiger partial charge >= 0.3 is 0 Å². The van der Waals surface area contributed by atoms with Crippen molar-refractivity contribution < 1.29 is 5.11 Å². The van der Waals surface area contributed by atoms with E-state index in [-0.39, 0.29) is 0 Å². The van der Waals surface area contributed by atoms with Gasteiger partial charge in [-0.3, -0.25) is 0 Å². The predicted molar refractivity (Wildman–Crippen MR) is 69.1 cm³/mol. The van der Waals surface area contributed by atoms with Gasteiger partial charge in [0.25, 0.3) is 0 Å². The van der Waals surface area contributed by atoms with E-state index in [1.807, 2.05) is 37.4 Å². The van der Waals surface area contributed by atoms with Gasteiger partial charge in [0.1, 0.15) is 11.9 Å². The van der Waals surface area contributed by atoms with Crippen molar-refractivity contribution in [2.75, 3.05) is 0 Å². The van der Waals surface area contributed by atoms with E-state index >= 15 is 0 Å². The molecule has 1 atom stereocenters. The molecule has 0 aliphatic carbocycles. The van der Waals surface area contributed by atoms with Crippen molar-refractivity contribution in [3.05, 3.63) is 59.8 Å². The van der Waals surface area contributed by atoms with Crippen molar-refractivity contribution in [2.24, 2.45) is 0 Å². The number of H-pyrrole nitrogens is 1. The van der Waals surface area contributed by atoms with Gasteiger partial charge in [0.15, 0.2) is 0 Å². The minimum Gasteiger partial charge on any atom is -0.382 e. The summed E-state index contributed by atoms with van der Waals surface area (Å²) in [5, 5.41) is 11.4. The molecule has 0 aliphatic heterocycles. The standard InChI is InChI=1S/C14H13N3O/c1-9-15-7-5-13(17-9)14(18)11-2-3-12-10(8-11)4-6-16-12/h2-8,14,16,18H,1H3. The number of aryl methyl sites for hydroxylation is 1. The minimum atomic E-state index is -0.717. The normalized spacial score (nSPS) is 12.8. The highest BCUT2D eigenvalue weighted by atomic mass is 16.3. The van der Waals surface area contributed by atoms with Crippen molar-refractivity contribution in [3.8, 4) is 0 Å². The number of rotatable bonds is 2. The molecule has 2 heterocycles. The van der Waals surface area contributed by atoms with Crippen molar-refractivity contribution in [2.45, 2.75) is 13.0 Å². The van der Waals surface area contributed by atoms with Crippen LogP contribution in [0.2, 0.25) is 0 Å². The molecule has 2 N–H and O–H groups in total. The molecule has 4 heteroatoms. The summed E-state index contributed by atoms with van der Waals surface area (Å²) < 4.78 is 0. The summed E-state index contributed by atoms with van der Waals surface area (Å²) in [5.74, 6) is 0.661. The van der Waals surface area contributed by atoms with Gasteiger partial charge in [-0.15, -0.1) is 0 Å². The lowest BCUT2D eigenvalue weighted by Crippen LogP contribution is -2.04. The van der Waals surface area contributed by atoms with Gasteiger partial charge in [-0.05, 0) is 42.1 Å². The Morgan fingerprint density at radius 1 is 1.22 bits per heavy atom. The summed E-state index contributed by atoms with van der Waals surface area (Å²) in [5.41, 5.74) is 2.52. The van der Waals surface area contributed by atoms with E-state index in [0.717, 1.165) is 16.5 Å². The monoisotopic (exact) mass is 239 g/mol. The van der Waals surface area contributed by atoms with Gasteiger partial charge in [0.2, 0.25) is 0 Å². The number of nitrogens with zero attached hydrogens (tertiary/aromatic N) is 2. The fourth-order valence-electron chi connectivity index (χ4n) is 2.04. The fraction of sp³-hybridized carbons (Fsp3) is 0.143. The van der Waals surface area contributed by atoms with Crippen LogP contribution in [-0.4, -0.2) is 20.1 Å². The average Bonchev–Trinajstić information content (AvgIpc) is 2.85. The second-order valence-electron chi connectivity index (χ2n) is 4.26. The van der Waals surface area contributed by atoms with E-state index in [4.69, 9.17) is 0 Å². The number of benzene rings is 1. The quantitative estimate of drug-likeness (QED) is 0.721. The predicted octanol–water partition coefficient (Wildman–Crippen LogP) is 2.35. The SMILES string of the molecule is Cc1nccc(C(O)c2ccc3[nH]ccc3c2)n1. The second kappa shape index (κ2) is 4.23. The molecule has 4 nitrogen and oxygen atoms in total. The molecular formula is C14H13N3O. The van der Waals surface area contributed by atoms with Crippen LogP contribution in [-0.2, 0) is 0 Å². The van der Waals surface area contributed by atoms with E-state index in [1.54, 1.807) is 12.3 Å². The van der Waals surface area contributed by atoms with Crippen molar-refractivity contribution in [1.29, 1.82) is 0 Å². The summed E-state index contributed by atoms with van der Waals surface area (Å²) in [6, 6.07) is 9.55. The van der Waals surface area contributed by atoms with E-state index in [0.29, 0.717) is 11.5 Å². The molecule has 0 saturated carbocycles. The van der Waals surface area contributed by atoms with Crippen LogP contribution in [0.4, 0.5) is 0 Å². The maximum absolute atomic E-state index is 10.3. The molecule has 1 aromatic carbocycles. The van der Waals surface area contributed by atoms with Crippen LogP contribution in [0, 0.1) is 6.92 Å². The third-order valence-electron chi connectivity index (χ3n) is 2.97. The number of aliphatic hydroxyl groups excluding tert-OH is 1. The molecule has 0 amide bonds. The number of hydrogen-bond acceptors (Lipinski definition) is 3. The third kappa shape index (κ3) is 1.87. The van der Waals surface area contributed by atoms with Gasteiger partial charge in [-0.25, -0.2) is 9.97 Å². The number of hydrogen-bond donors (Lipinski definition) is 2. The zero-order chi connectivity index (χ0) is 12.5. The Balaban J connectivity index is 2.02. The highest BCUT2D eigenvalue weighted by Gasteiger charge is 2.12. The molecule has 3 rings (SSSR count). The van der Waals surface area contributed by atoms with Gasteiger partial charge < -0.3 is 10.1 Å². The van der Waals surface area contributed by atoms with Gasteiger partial charge in [-0.2, -0.15) is 0 Å². The van der Waals surface area contributed by atoms with Crippen LogP contribution in [0.1, 0.15) is 23.2 Å². The second-order valence-corrected chi connectivity index (χ2v) is 4.26. The van der Waals surface area contributed by atoms with Crippen LogP contribution < -0.4 is 0 Å². The minimum absolute atomic E-state index is 0.623. The number of aromatic nitrogens is 3. The molecule has 18 heavy (non-hydrogen) atoms. The molecule has 90 valence electrons. The lowest BCUT2D eigenvalue weighted by atomic mass is 10.0. The Kier molecular flexibility index (Phi) is 2.57. The van der Waals surface area contributed by atoms with Crippen molar-refractivity contribution in [3.63, 3.8) is 0 Å². The fourth-order valence-corrected chi connectivity index (χ4v) is 2.04. The number of nitrogens with one attached hydrogen (secondary N) is 1. The lowest BCUT2D eigenvalue weighted by Gasteiger charge is -2.10. The highest BCUT2D eigenvalue weighted by molar-refractivity contribution is 5.80. The summed E-state index contributed by atoms with van der Waals surface area (Å²) in [6.07, 6.45) is 2.83. The van der Waals surface area contributed by atoms with Gasteiger partial charge in [0.05, 0.1) is 5.69 Å². The maximum Gasteiger partial charge on any atom is 0.125 e. The zero-order valence-corrected chi connectivity index (χ0v) is 9.96. The molecule has 0 saturated heterocycles. The molecule has 0 spiro atoms. The molecule has 3 aromatic rings. The summed E-state index contributed by atoms with van der Waals surface area (Å²) in [6.45, 7) is 1.81. The van der Waals surface area contributed by atoms with Crippen LogP contribution >= 0.6 is 0 Å². The first-order chi connectivity index (χ1) is 8.74. The van der Waals surface area contributed by atoms with E-state index in [9.17, 15) is 5.11 Å². The Morgan fingerprint density at radius 2 is 2.11 bits per heavy atom. The van der Waals surface area contributed by atoms with Crippen molar-refractivity contribution in [1.82, 2.24) is 15.0 Å². The van der Waals surface area contributed by atoms with Crippen LogP contribution in [0.15, 0.2) is 42.7 Å². The number of fused-ring (bicyclic) bond motifs is 1. The zero-order valence-electron chi connectivity index (χ0n) is 9.96. The molecule has 1 unspecified atom stereocenters. The Hall–Kier alpha value is -2.20. The van der Waals surface area contributed by atoms with Crippen LogP contribution in [0.25, 0.3) is 10.9 Å². The molecule has 0 radical (unpaired) electrons. The Morgan fingerprint density at radius 3 is 2.94 bits per heavy atom. The third-order valence-corrected chi connectivity index (χ3v) is 2.97. The highest BCUT2D eigenvalue weighted by Crippen LogP contribution is 2.23. The first-order valence-electron chi connectivity index (χ1n) is 5.79. The first-order valence-corrected chi connectivity index (χ1v) is 5.79. The molecular weight excluding hydrogens is 226 g/mol. The smallest absolute Gasteiger partial charge is 0.125 e. The van der Waals surface area contributed by atoms with Gasteiger partial charge in [-0.1, -0.05) is 6.07 Å². The van der Waals surface area contributed by atoms with Gasteiger partial charge in [0, 0.05) is 17.9 Å². The largest absolute Gasteiger partial charge is 0.382 e. The summed E-state index contributed by atoms with van der Waals surface area (Å²) in [7, 11) is 0. The Bertz CT molecular complexity index is 690. The molecule has 0 bridgehead atoms. The van der Waals surface area contributed by atoms with Crippen molar-refractivity contribution >= 4 is 10.9 Å². The molecule has 0 fully saturated rings. The first kappa shape index (κ1) is 10.9. The average molecular weight is 239 g/mol. The van der Waals surface area contributed by atoms with Crippen LogP contribution in [0.3, 0.4) is 0 Å². The topological polar surface area (TPSA) is 61.8 Å². The van der Waals surface area contributed by atoms with E-state index in [1.165, 1.54) is 0 Å². The maximum atomic E-state index is 10.3. The lowest BCUT2D eigenvalue weighted by molar-refractivity contribution is 0.215. The summed E-state index contributed by atoms with van der Waals surface area (Å²) >= 11 is 0. The number of aromatic amines is 1. The molecule has 0 aliphatic rings. The van der Waals surface area contributed by atoms with E-state index in [2.05, 4.69) is 15.0 Å². The van der Waals surface area contributed by atoms with Crippen LogP contribution in [0.5, 0.6) is 0 Å². The summed E-state index contributed by atoms with van der Waals surface area (Å²) in [4.78, 5) is 11.4. The number of aliphatic hydroxyl groups is 1. The van der Waals surface area contributed by atoms with E-state index < -0.39 is 6.10 Å².